The predicted octanol–water partition coefficient (Wildman–Crippen LogP) is 2.86. The van der Waals surface area contributed by atoms with E-state index in [1.54, 1.807) is 0 Å². The van der Waals surface area contributed by atoms with Crippen molar-refractivity contribution < 1.29 is 4.79 Å². The van der Waals surface area contributed by atoms with Gasteiger partial charge in [0, 0.05) is 12.1 Å². The van der Waals surface area contributed by atoms with E-state index in [2.05, 4.69) is 22.8 Å². The number of nitrogens with one attached hydrogen (secondary N) is 2. The first-order valence-corrected chi connectivity index (χ1v) is 6.85. The second-order valence-corrected chi connectivity index (χ2v) is 5.19. The highest BCUT2D eigenvalue weighted by Gasteiger charge is 2.17. The van der Waals surface area contributed by atoms with E-state index in [1.807, 2.05) is 25.1 Å². The molecule has 98 valence electrons. The number of benzene rings is 1. The third kappa shape index (κ3) is 4.06. The first-order chi connectivity index (χ1) is 8.74. The second-order valence-electron chi connectivity index (χ2n) is 5.19. The summed E-state index contributed by atoms with van der Waals surface area (Å²) in [5, 5.41) is 6.05. The average Bonchev–Trinajstić information content (AvgIpc) is 2.82. The van der Waals surface area contributed by atoms with E-state index in [1.165, 1.54) is 18.4 Å². The summed E-state index contributed by atoms with van der Waals surface area (Å²) in [6.07, 6.45) is 5.61. The molecule has 3 nitrogen and oxygen atoms in total. The minimum Gasteiger partial charge on any atom is -0.335 e. The molecule has 2 N–H and O–H groups in total. The van der Waals surface area contributed by atoms with E-state index >= 15 is 0 Å². The molecule has 1 saturated carbocycles. The number of carbonyl (C=O) groups excluding carboxylic acids is 1. The number of urea groups is 1. The lowest BCUT2D eigenvalue weighted by Gasteiger charge is -2.17. The molecule has 3 heteroatoms. The van der Waals surface area contributed by atoms with Crippen molar-refractivity contribution in [2.24, 2.45) is 0 Å². The van der Waals surface area contributed by atoms with Gasteiger partial charge in [0.05, 0.1) is 0 Å². The normalized spacial score (nSPS) is 17.4. The fourth-order valence-corrected chi connectivity index (χ4v) is 2.54. The Bertz CT molecular complexity index is 371. The molecule has 0 saturated heterocycles. The van der Waals surface area contributed by atoms with Crippen molar-refractivity contribution in [1.82, 2.24) is 10.6 Å². The minimum absolute atomic E-state index is 0.0228. The second kappa shape index (κ2) is 6.43. The third-order valence-electron chi connectivity index (χ3n) is 3.45. The maximum absolute atomic E-state index is 11.8. The maximum Gasteiger partial charge on any atom is 0.315 e. The zero-order chi connectivity index (χ0) is 12.8. The van der Waals surface area contributed by atoms with Crippen LogP contribution in [0.2, 0.25) is 0 Å². The molecule has 1 aliphatic rings. The van der Waals surface area contributed by atoms with Gasteiger partial charge in [-0.2, -0.15) is 0 Å². The lowest BCUT2D eigenvalue weighted by atomic mass is 10.1. The Labute approximate surface area is 109 Å². The number of amides is 2. The van der Waals surface area contributed by atoms with Gasteiger partial charge in [-0.15, -0.1) is 0 Å². The Morgan fingerprint density at radius 3 is 2.61 bits per heavy atom. The van der Waals surface area contributed by atoms with Crippen LogP contribution in [0.15, 0.2) is 30.3 Å². The molecule has 1 aromatic rings. The fraction of sp³-hybridized carbons (Fsp3) is 0.533. The fourth-order valence-electron chi connectivity index (χ4n) is 2.54. The lowest BCUT2D eigenvalue weighted by molar-refractivity contribution is 0.234. The molecule has 2 rings (SSSR count). The smallest absolute Gasteiger partial charge is 0.315 e. The van der Waals surface area contributed by atoms with Crippen LogP contribution in [0, 0.1) is 0 Å². The van der Waals surface area contributed by atoms with Crippen LogP contribution in [0.3, 0.4) is 0 Å². The summed E-state index contributed by atoms with van der Waals surface area (Å²) in [7, 11) is 0. The van der Waals surface area contributed by atoms with Crippen molar-refractivity contribution >= 4 is 6.03 Å². The Morgan fingerprint density at radius 1 is 1.28 bits per heavy atom. The van der Waals surface area contributed by atoms with Gasteiger partial charge in [-0.3, -0.25) is 0 Å². The van der Waals surface area contributed by atoms with Crippen LogP contribution >= 0.6 is 0 Å². The zero-order valence-electron chi connectivity index (χ0n) is 11.0. The first-order valence-electron chi connectivity index (χ1n) is 6.85. The summed E-state index contributed by atoms with van der Waals surface area (Å²) < 4.78 is 0. The highest BCUT2D eigenvalue weighted by molar-refractivity contribution is 5.74. The van der Waals surface area contributed by atoms with Gasteiger partial charge in [-0.1, -0.05) is 43.2 Å². The topological polar surface area (TPSA) is 41.1 Å². The van der Waals surface area contributed by atoms with Crippen molar-refractivity contribution in [1.29, 1.82) is 0 Å². The van der Waals surface area contributed by atoms with E-state index in [4.69, 9.17) is 0 Å². The van der Waals surface area contributed by atoms with Crippen LogP contribution in [0.4, 0.5) is 4.79 Å². The van der Waals surface area contributed by atoms with Gasteiger partial charge in [-0.05, 0) is 31.7 Å². The zero-order valence-corrected chi connectivity index (χ0v) is 11.0. The molecule has 1 atom stereocenters. The SMILES string of the molecule is CC(Cc1ccccc1)NC(=O)NC1CCCC1. The Morgan fingerprint density at radius 2 is 1.94 bits per heavy atom. The summed E-state index contributed by atoms with van der Waals surface area (Å²) in [5.41, 5.74) is 1.26. The molecule has 0 bridgehead atoms. The Kier molecular flexibility index (Phi) is 4.62. The minimum atomic E-state index is -0.0228. The van der Waals surface area contributed by atoms with Crippen molar-refractivity contribution in [2.75, 3.05) is 0 Å². The van der Waals surface area contributed by atoms with Gasteiger partial charge in [0.15, 0.2) is 0 Å². The molecule has 1 aromatic carbocycles. The Hall–Kier alpha value is -1.51. The lowest BCUT2D eigenvalue weighted by Crippen LogP contribution is -2.45. The van der Waals surface area contributed by atoms with E-state index in [0.29, 0.717) is 6.04 Å². The van der Waals surface area contributed by atoms with Crippen molar-refractivity contribution in [2.45, 2.75) is 51.1 Å². The predicted molar refractivity (Wildman–Crippen MR) is 73.5 cm³/mol. The highest BCUT2D eigenvalue weighted by Crippen LogP contribution is 2.17. The van der Waals surface area contributed by atoms with Gasteiger partial charge in [0.1, 0.15) is 0 Å². The highest BCUT2D eigenvalue weighted by atomic mass is 16.2. The molecule has 0 aliphatic heterocycles. The average molecular weight is 246 g/mol. The molecule has 2 amide bonds. The largest absolute Gasteiger partial charge is 0.335 e. The van der Waals surface area contributed by atoms with Crippen LogP contribution in [0.25, 0.3) is 0 Å². The van der Waals surface area contributed by atoms with Gasteiger partial charge < -0.3 is 10.6 Å². The molecular formula is C15H22N2O. The van der Waals surface area contributed by atoms with Crippen LogP contribution in [0.5, 0.6) is 0 Å². The molecule has 0 spiro atoms. The maximum atomic E-state index is 11.8. The quantitative estimate of drug-likeness (QED) is 0.842. The van der Waals surface area contributed by atoms with Crippen molar-refractivity contribution in [3.05, 3.63) is 35.9 Å². The Balaban J connectivity index is 1.73. The van der Waals surface area contributed by atoms with Gasteiger partial charge >= 0.3 is 6.03 Å². The molecule has 0 heterocycles. The van der Waals surface area contributed by atoms with E-state index in [9.17, 15) is 4.79 Å². The van der Waals surface area contributed by atoms with Gasteiger partial charge in [-0.25, -0.2) is 4.79 Å². The van der Waals surface area contributed by atoms with E-state index in [0.717, 1.165) is 19.3 Å². The van der Waals surface area contributed by atoms with Crippen LogP contribution in [-0.2, 0) is 6.42 Å². The van der Waals surface area contributed by atoms with Crippen molar-refractivity contribution in [3.8, 4) is 0 Å². The monoisotopic (exact) mass is 246 g/mol. The van der Waals surface area contributed by atoms with Crippen LogP contribution < -0.4 is 10.6 Å². The molecular weight excluding hydrogens is 224 g/mol. The molecule has 0 radical (unpaired) electrons. The first kappa shape index (κ1) is 12.9. The standard InChI is InChI=1S/C15H22N2O/c1-12(11-13-7-3-2-4-8-13)16-15(18)17-14-9-5-6-10-14/h2-4,7-8,12,14H,5-6,9-11H2,1H3,(H2,16,17,18). The molecule has 18 heavy (non-hydrogen) atoms. The summed E-state index contributed by atoms with van der Waals surface area (Å²) in [6.45, 7) is 2.04. The van der Waals surface area contributed by atoms with Gasteiger partial charge in [0.2, 0.25) is 0 Å². The summed E-state index contributed by atoms with van der Waals surface area (Å²) in [4.78, 5) is 11.8. The molecule has 0 aromatic heterocycles. The van der Waals surface area contributed by atoms with E-state index < -0.39 is 0 Å². The van der Waals surface area contributed by atoms with Crippen LogP contribution in [-0.4, -0.2) is 18.1 Å². The summed E-state index contributed by atoms with van der Waals surface area (Å²) in [6, 6.07) is 10.8. The summed E-state index contributed by atoms with van der Waals surface area (Å²) >= 11 is 0. The van der Waals surface area contributed by atoms with Crippen LogP contribution in [0.1, 0.15) is 38.2 Å². The number of carbonyl (C=O) groups is 1. The molecule has 1 fully saturated rings. The molecule has 1 unspecified atom stereocenters. The number of rotatable bonds is 4. The summed E-state index contributed by atoms with van der Waals surface area (Å²) in [5.74, 6) is 0. The number of hydrogen-bond donors (Lipinski definition) is 2. The molecule has 1 aliphatic carbocycles. The third-order valence-corrected chi connectivity index (χ3v) is 3.45. The van der Waals surface area contributed by atoms with Gasteiger partial charge in [0.25, 0.3) is 0 Å². The van der Waals surface area contributed by atoms with Crippen molar-refractivity contribution in [3.63, 3.8) is 0 Å². The number of hydrogen-bond acceptors (Lipinski definition) is 1. The van der Waals surface area contributed by atoms with E-state index in [-0.39, 0.29) is 12.1 Å².